The average molecular weight is 692 g/mol. The third-order valence-electron chi connectivity index (χ3n) is 6.50. The fraction of sp³-hybridized carbons (Fsp3) is 0.233. The highest BCUT2D eigenvalue weighted by molar-refractivity contribution is 9.10. The van der Waals surface area contributed by atoms with Gasteiger partial charge in [-0.3, -0.25) is 9.36 Å². The molecule has 12 heteroatoms. The van der Waals surface area contributed by atoms with Crippen molar-refractivity contribution in [2.75, 3.05) is 20.3 Å². The number of halogens is 3. The Hall–Kier alpha value is -3.31. The molecule has 42 heavy (non-hydrogen) atoms. The lowest BCUT2D eigenvalue weighted by molar-refractivity contribution is -0.139. The Bertz CT molecular complexity index is 1910. The SMILES string of the molecule is CCOC(=O)C1=C(C)N=c2s/c(=C/c3ccc(-c4ccc(Cl)c(Cl)c4)o3)c(=O)n2[C@@H]1c1cc(OC)c(OCC)cc1Br. The number of esters is 1. The third kappa shape index (κ3) is 5.68. The molecule has 0 saturated heterocycles. The minimum Gasteiger partial charge on any atom is -0.493 e. The van der Waals surface area contributed by atoms with Gasteiger partial charge in [-0.15, -0.1) is 0 Å². The van der Waals surface area contributed by atoms with Crippen molar-refractivity contribution >= 4 is 62.5 Å². The van der Waals surface area contributed by atoms with Crippen molar-refractivity contribution in [2.45, 2.75) is 26.8 Å². The number of nitrogens with zero attached hydrogens (tertiary/aromatic N) is 2. The summed E-state index contributed by atoms with van der Waals surface area (Å²) in [5.41, 5.74) is 1.72. The molecule has 2 aromatic carbocycles. The molecule has 0 unspecified atom stereocenters. The van der Waals surface area contributed by atoms with E-state index in [1.807, 2.05) is 6.92 Å². The van der Waals surface area contributed by atoms with Crippen molar-refractivity contribution in [2.24, 2.45) is 4.99 Å². The summed E-state index contributed by atoms with van der Waals surface area (Å²) in [5, 5.41) is 0.849. The molecule has 1 atom stereocenters. The Morgan fingerprint density at radius 2 is 1.90 bits per heavy atom. The first kappa shape index (κ1) is 30.2. The molecule has 0 aliphatic carbocycles. The van der Waals surface area contributed by atoms with Crippen molar-refractivity contribution in [3.8, 4) is 22.8 Å². The maximum absolute atomic E-state index is 14.0. The number of hydrogen-bond donors (Lipinski definition) is 0. The molecule has 0 saturated carbocycles. The van der Waals surface area contributed by atoms with Gasteiger partial charge in [-0.25, -0.2) is 9.79 Å². The number of carbonyl (C=O) groups excluding carboxylic acids is 1. The topological polar surface area (TPSA) is 92.3 Å². The zero-order valence-corrected chi connectivity index (χ0v) is 26.9. The van der Waals surface area contributed by atoms with E-state index < -0.39 is 12.0 Å². The molecule has 1 aliphatic heterocycles. The van der Waals surface area contributed by atoms with E-state index in [0.717, 1.165) is 5.56 Å². The number of hydrogen-bond acceptors (Lipinski definition) is 8. The quantitative estimate of drug-likeness (QED) is 0.195. The second-order valence-electron chi connectivity index (χ2n) is 9.09. The molecule has 4 aromatic rings. The number of fused-ring (bicyclic) bond motifs is 1. The highest BCUT2D eigenvalue weighted by atomic mass is 79.9. The van der Waals surface area contributed by atoms with Crippen LogP contribution in [0.1, 0.15) is 38.1 Å². The van der Waals surface area contributed by atoms with Gasteiger partial charge in [0.05, 0.1) is 52.2 Å². The van der Waals surface area contributed by atoms with Gasteiger partial charge >= 0.3 is 5.97 Å². The first-order chi connectivity index (χ1) is 20.2. The van der Waals surface area contributed by atoms with Crippen LogP contribution >= 0.6 is 50.5 Å². The molecule has 0 radical (unpaired) electrons. The van der Waals surface area contributed by atoms with Gasteiger partial charge in [-0.1, -0.05) is 50.5 Å². The Kier molecular flexibility index (Phi) is 8.98. The van der Waals surface area contributed by atoms with E-state index in [1.54, 1.807) is 62.4 Å². The van der Waals surface area contributed by atoms with Crippen LogP contribution in [-0.4, -0.2) is 30.9 Å². The predicted octanol–water partition coefficient (Wildman–Crippen LogP) is 6.53. The number of ether oxygens (including phenoxy) is 3. The number of methoxy groups -OCH3 is 1. The predicted molar refractivity (Wildman–Crippen MR) is 166 cm³/mol. The molecular weight excluding hydrogens is 667 g/mol. The maximum Gasteiger partial charge on any atom is 0.338 e. The van der Waals surface area contributed by atoms with Gasteiger partial charge in [-0.2, -0.15) is 0 Å². The standard InChI is InChI=1S/C30H25BrCl2N2O6S/c1-5-39-24-14-19(31)18(13-23(24)38-4)27-26(29(37)40-6-2)15(3)34-30-35(27)28(36)25(42-30)12-17-8-10-22(41-17)16-7-9-20(32)21(33)11-16/h7-14,27H,5-6H2,1-4H3/b25-12+/t27-/m1/s1. The Labute approximate surface area is 263 Å². The summed E-state index contributed by atoms with van der Waals surface area (Å²) in [5.74, 6) is 1.45. The zero-order chi connectivity index (χ0) is 30.1. The minimum atomic E-state index is -0.843. The Morgan fingerprint density at radius 3 is 2.60 bits per heavy atom. The second kappa shape index (κ2) is 12.5. The van der Waals surface area contributed by atoms with Crippen molar-refractivity contribution in [3.63, 3.8) is 0 Å². The van der Waals surface area contributed by atoms with Gasteiger partial charge in [0, 0.05) is 16.1 Å². The van der Waals surface area contributed by atoms with E-state index in [0.29, 0.717) is 64.7 Å². The molecule has 5 rings (SSSR count). The molecule has 3 heterocycles. The molecule has 218 valence electrons. The first-order valence-electron chi connectivity index (χ1n) is 12.9. The summed E-state index contributed by atoms with van der Waals surface area (Å²) in [4.78, 5) is 32.3. The number of furan rings is 1. The highest BCUT2D eigenvalue weighted by Gasteiger charge is 2.35. The van der Waals surface area contributed by atoms with E-state index >= 15 is 0 Å². The van der Waals surface area contributed by atoms with Crippen molar-refractivity contribution in [3.05, 3.63) is 99.3 Å². The number of benzene rings is 2. The van der Waals surface area contributed by atoms with Crippen molar-refractivity contribution < 1.29 is 23.4 Å². The largest absolute Gasteiger partial charge is 0.493 e. The minimum absolute atomic E-state index is 0.167. The van der Waals surface area contributed by atoms with E-state index in [1.165, 1.54) is 23.0 Å². The van der Waals surface area contributed by atoms with Gasteiger partial charge in [0.1, 0.15) is 11.5 Å². The van der Waals surface area contributed by atoms with E-state index in [-0.39, 0.29) is 17.7 Å². The molecule has 0 spiro atoms. The van der Waals surface area contributed by atoms with Gasteiger partial charge in [-0.05, 0) is 68.8 Å². The number of carbonyl (C=O) groups is 1. The van der Waals surface area contributed by atoms with Crippen LogP contribution in [-0.2, 0) is 9.53 Å². The van der Waals surface area contributed by atoms with E-state index in [2.05, 4.69) is 20.9 Å². The van der Waals surface area contributed by atoms with Crippen LogP contribution in [0.15, 0.2) is 72.4 Å². The fourth-order valence-electron chi connectivity index (χ4n) is 4.64. The number of rotatable bonds is 8. The third-order valence-corrected chi connectivity index (χ3v) is 8.91. The zero-order valence-electron chi connectivity index (χ0n) is 23.0. The van der Waals surface area contributed by atoms with Crippen molar-refractivity contribution in [1.29, 1.82) is 0 Å². The Morgan fingerprint density at radius 1 is 1.12 bits per heavy atom. The van der Waals surface area contributed by atoms with Crippen LogP contribution in [0.25, 0.3) is 17.4 Å². The molecule has 8 nitrogen and oxygen atoms in total. The monoisotopic (exact) mass is 690 g/mol. The number of thiazole rings is 1. The molecule has 1 aliphatic rings. The molecule has 0 bridgehead atoms. The summed E-state index contributed by atoms with van der Waals surface area (Å²) in [6.07, 6.45) is 1.65. The van der Waals surface area contributed by atoms with E-state index in [4.69, 9.17) is 41.8 Å². The van der Waals surface area contributed by atoms with Crippen LogP contribution in [0.2, 0.25) is 10.0 Å². The summed E-state index contributed by atoms with van der Waals surface area (Å²) >= 11 is 17.0. The Balaban J connectivity index is 1.67. The van der Waals surface area contributed by atoms with Gasteiger partial charge < -0.3 is 18.6 Å². The normalized spacial score (nSPS) is 14.9. The second-order valence-corrected chi connectivity index (χ2v) is 11.8. The molecule has 0 N–H and O–H groups in total. The van der Waals surface area contributed by atoms with E-state index in [9.17, 15) is 9.59 Å². The van der Waals surface area contributed by atoms with Crippen LogP contribution in [0.4, 0.5) is 0 Å². The molecule has 0 fully saturated rings. The molecular formula is C30H25BrCl2N2O6S. The lowest BCUT2D eigenvalue weighted by atomic mass is 9.95. The fourth-order valence-corrected chi connectivity index (χ4v) is 6.50. The summed E-state index contributed by atoms with van der Waals surface area (Å²) in [6, 6.07) is 11.4. The van der Waals surface area contributed by atoms with Crippen LogP contribution in [0, 0.1) is 0 Å². The van der Waals surface area contributed by atoms with Crippen LogP contribution < -0.4 is 24.4 Å². The smallest absolute Gasteiger partial charge is 0.338 e. The summed E-state index contributed by atoms with van der Waals surface area (Å²) in [7, 11) is 1.53. The summed E-state index contributed by atoms with van der Waals surface area (Å²) in [6.45, 7) is 5.93. The first-order valence-corrected chi connectivity index (χ1v) is 15.3. The van der Waals surface area contributed by atoms with Crippen LogP contribution in [0.5, 0.6) is 11.5 Å². The lowest BCUT2D eigenvalue weighted by Gasteiger charge is -2.26. The molecule has 0 amide bonds. The maximum atomic E-state index is 14.0. The van der Waals surface area contributed by atoms with Gasteiger partial charge in [0.25, 0.3) is 5.56 Å². The van der Waals surface area contributed by atoms with Crippen molar-refractivity contribution in [1.82, 2.24) is 4.57 Å². The van der Waals surface area contributed by atoms with Gasteiger partial charge in [0.2, 0.25) is 0 Å². The number of allylic oxidation sites excluding steroid dienone is 1. The lowest BCUT2D eigenvalue weighted by Crippen LogP contribution is -2.40. The summed E-state index contributed by atoms with van der Waals surface area (Å²) < 4.78 is 25.2. The molecule has 2 aromatic heterocycles. The number of aromatic nitrogens is 1. The van der Waals surface area contributed by atoms with Gasteiger partial charge in [0.15, 0.2) is 16.3 Å². The average Bonchev–Trinajstić information content (AvgIpc) is 3.54. The highest BCUT2D eigenvalue weighted by Crippen LogP contribution is 2.41. The van der Waals surface area contributed by atoms with Crippen LogP contribution in [0.3, 0.4) is 0 Å².